The molecule has 1 amide bonds. The molecule has 0 bridgehead atoms. The zero-order valence-corrected chi connectivity index (χ0v) is 19.0. The Balaban J connectivity index is 1.83. The molecule has 0 fully saturated rings. The predicted octanol–water partition coefficient (Wildman–Crippen LogP) is 2.81. The SMILES string of the molecule is CC(C)CNC(=O)CCn1c(=O)c2ccccc2n2c(=O)n(Cc3c(F)cccc3Cl)nc12. The zero-order chi connectivity index (χ0) is 23.7. The summed E-state index contributed by atoms with van der Waals surface area (Å²) >= 11 is 6.13. The molecule has 2 aromatic carbocycles. The molecule has 0 unspecified atom stereocenters. The van der Waals surface area contributed by atoms with Crippen LogP contribution in [0.5, 0.6) is 0 Å². The molecule has 10 heteroatoms. The number of rotatable bonds is 7. The number of nitrogens with one attached hydrogen (secondary N) is 1. The summed E-state index contributed by atoms with van der Waals surface area (Å²) in [6.45, 7) is 4.33. The van der Waals surface area contributed by atoms with Gasteiger partial charge in [-0.05, 0) is 30.2 Å². The van der Waals surface area contributed by atoms with Gasteiger partial charge >= 0.3 is 5.69 Å². The first-order chi connectivity index (χ1) is 15.8. The van der Waals surface area contributed by atoms with Crippen LogP contribution in [-0.2, 0) is 17.9 Å². The van der Waals surface area contributed by atoms with Crippen LogP contribution in [-0.4, -0.2) is 31.2 Å². The lowest BCUT2D eigenvalue weighted by Gasteiger charge is -2.11. The Morgan fingerprint density at radius 3 is 2.64 bits per heavy atom. The predicted molar refractivity (Wildman–Crippen MR) is 124 cm³/mol. The highest BCUT2D eigenvalue weighted by Crippen LogP contribution is 2.20. The van der Waals surface area contributed by atoms with Crippen molar-refractivity contribution in [3.05, 3.63) is 79.7 Å². The van der Waals surface area contributed by atoms with E-state index in [0.29, 0.717) is 23.4 Å². The van der Waals surface area contributed by atoms with Gasteiger partial charge in [-0.15, -0.1) is 5.10 Å². The molecule has 8 nitrogen and oxygen atoms in total. The number of carbonyl (C=O) groups excluding carboxylic acids is 1. The molecule has 0 aliphatic heterocycles. The zero-order valence-electron chi connectivity index (χ0n) is 18.2. The molecule has 2 aromatic heterocycles. The first-order valence-electron chi connectivity index (χ1n) is 10.6. The molecule has 0 atom stereocenters. The quantitative estimate of drug-likeness (QED) is 0.449. The van der Waals surface area contributed by atoms with E-state index in [0.717, 1.165) is 4.68 Å². The molecule has 4 rings (SSSR count). The highest BCUT2D eigenvalue weighted by molar-refractivity contribution is 6.31. The first-order valence-corrected chi connectivity index (χ1v) is 11.0. The molecule has 0 radical (unpaired) electrons. The second-order valence-corrected chi connectivity index (χ2v) is 8.60. The molecule has 172 valence electrons. The summed E-state index contributed by atoms with van der Waals surface area (Å²) in [5.74, 6) is -0.395. The second kappa shape index (κ2) is 9.19. The van der Waals surface area contributed by atoms with Crippen molar-refractivity contribution in [2.75, 3.05) is 6.54 Å². The highest BCUT2D eigenvalue weighted by atomic mass is 35.5. The van der Waals surface area contributed by atoms with Gasteiger partial charge in [-0.3, -0.25) is 14.2 Å². The Labute approximate surface area is 193 Å². The Morgan fingerprint density at radius 1 is 1.15 bits per heavy atom. The third-order valence-corrected chi connectivity index (χ3v) is 5.68. The number of para-hydroxylation sites is 1. The Morgan fingerprint density at radius 2 is 1.91 bits per heavy atom. The van der Waals surface area contributed by atoms with Gasteiger partial charge in [0.2, 0.25) is 11.7 Å². The minimum atomic E-state index is -0.560. The average molecular weight is 472 g/mol. The molecule has 0 aliphatic rings. The van der Waals surface area contributed by atoms with E-state index in [4.69, 9.17) is 11.6 Å². The maximum absolute atomic E-state index is 14.3. The van der Waals surface area contributed by atoms with Crippen molar-refractivity contribution in [3.8, 4) is 0 Å². The van der Waals surface area contributed by atoms with Crippen molar-refractivity contribution in [1.29, 1.82) is 0 Å². The van der Waals surface area contributed by atoms with E-state index in [-0.39, 0.29) is 47.3 Å². The van der Waals surface area contributed by atoms with Crippen LogP contribution in [0.1, 0.15) is 25.8 Å². The molecule has 0 saturated heterocycles. The molecular formula is C23H23ClFN5O3. The van der Waals surface area contributed by atoms with Crippen LogP contribution in [0.4, 0.5) is 4.39 Å². The topological polar surface area (TPSA) is 90.4 Å². The number of carbonyl (C=O) groups is 1. The molecule has 0 aliphatic carbocycles. The van der Waals surface area contributed by atoms with E-state index in [1.807, 2.05) is 13.8 Å². The number of aryl methyl sites for hydroxylation is 1. The minimum absolute atomic E-state index is 0.0357. The van der Waals surface area contributed by atoms with E-state index < -0.39 is 11.5 Å². The Kier molecular flexibility index (Phi) is 6.33. The fraction of sp³-hybridized carbons (Fsp3) is 0.304. The fourth-order valence-corrected chi connectivity index (χ4v) is 3.85. The molecule has 33 heavy (non-hydrogen) atoms. The molecule has 0 saturated carbocycles. The average Bonchev–Trinajstić information content (AvgIpc) is 3.10. The molecule has 4 aromatic rings. The minimum Gasteiger partial charge on any atom is -0.356 e. The van der Waals surface area contributed by atoms with Gasteiger partial charge in [0.15, 0.2) is 0 Å². The maximum Gasteiger partial charge on any atom is 0.352 e. The summed E-state index contributed by atoms with van der Waals surface area (Å²) in [6, 6.07) is 10.9. The van der Waals surface area contributed by atoms with Gasteiger partial charge in [0.25, 0.3) is 5.56 Å². The van der Waals surface area contributed by atoms with Crippen LogP contribution < -0.4 is 16.6 Å². The van der Waals surface area contributed by atoms with Crippen molar-refractivity contribution in [1.82, 2.24) is 24.1 Å². The first kappa shape index (κ1) is 22.7. The van der Waals surface area contributed by atoms with Gasteiger partial charge in [-0.2, -0.15) is 0 Å². The fourth-order valence-electron chi connectivity index (χ4n) is 3.62. The van der Waals surface area contributed by atoms with Crippen LogP contribution >= 0.6 is 11.6 Å². The van der Waals surface area contributed by atoms with Crippen LogP contribution in [0.2, 0.25) is 5.02 Å². The number of amides is 1. The second-order valence-electron chi connectivity index (χ2n) is 8.20. The lowest BCUT2D eigenvalue weighted by Crippen LogP contribution is -2.31. The van der Waals surface area contributed by atoms with Crippen molar-refractivity contribution in [2.45, 2.75) is 33.4 Å². The molecule has 2 heterocycles. The summed E-state index contributed by atoms with van der Waals surface area (Å²) in [4.78, 5) is 38.7. The third kappa shape index (κ3) is 4.41. The van der Waals surface area contributed by atoms with Gasteiger partial charge in [0, 0.05) is 30.1 Å². The normalized spacial score (nSPS) is 11.5. The summed E-state index contributed by atoms with van der Waals surface area (Å²) in [5, 5.41) is 7.63. The number of halogens is 2. The summed E-state index contributed by atoms with van der Waals surface area (Å²) in [6.07, 6.45) is 0.0425. The van der Waals surface area contributed by atoms with Crippen molar-refractivity contribution in [2.24, 2.45) is 5.92 Å². The standard InChI is InChI=1S/C23H23ClFN5O3/c1-14(2)12-26-20(31)10-11-28-21(32)15-6-3-4-9-19(15)30-22(28)27-29(23(30)33)13-16-17(24)7-5-8-18(16)25/h3-9,14H,10-13H2,1-2H3,(H,26,31). The number of benzene rings is 2. The van der Waals surface area contributed by atoms with Crippen molar-refractivity contribution in [3.63, 3.8) is 0 Å². The number of hydrogen-bond donors (Lipinski definition) is 1. The van der Waals surface area contributed by atoms with E-state index in [1.54, 1.807) is 24.3 Å². The van der Waals surface area contributed by atoms with E-state index in [2.05, 4.69) is 10.4 Å². The van der Waals surface area contributed by atoms with Gasteiger partial charge in [-0.1, -0.05) is 43.6 Å². The monoisotopic (exact) mass is 471 g/mol. The van der Waals surface area contributed by atoms with Crippen LogP contribution in [0, 0.1) is 11.7 Å². The van der Waals surface area contributed by atoms with Gasteiger partial charge in [-0.25, -0.2) is 18.3 Å². The number of hydrogen-bond acceptors (Lipinski definition) is 4. The molecule has 1 N–H and O–H groups in total. The number of aromatic nitrogens is 4. The Hall–Kier alpha value is -3.46. The number of nitrogens with zero attached hydrogens (tertiary/aromatic N) is 4. The van der Waals surface area contributed by atoms with Gasteiger partial charge in [0.05, 0.1) is 17.4 Å². The number of fused-ring (bicyclic) bond motifs is 3. The van der Waals surface area contributed by atoms with E-state index in [9.17, 15) is 18.8 Å². The van der Waals surface area contributed by atoms with Gasteiger partial charge < -0.3 is 5.32 Å². The third-order valence-electron chi connectivity index (χ3n) is 5.32. The van der Waals surface area contributed by atoms with Crippen molar-refractivity contribution < 1.29 is 9.18 Å². The molecular weight excluding hydrogens is 449 g/mol. The summed E-state index contributed by atoms with van der Waals surface area (Å²) in [5.41, 5.74) is -0.404. The van der Waals surface area contributed by atoms with Crippen LogP contribution in [0.3, 0.4) is 0 Å². The lowest BCUT2D eigenvalue weighted by molar-refractivity contribution is -0.121. The van der Waals surface area contributed by atoms with Crippen LogP contribution in [0.15, 0.2) is 52.1 Å². The lowest BCUT2D eigenvalue weighted by atomic mass is 10.2. The van der Waals surface area contributed by atoms with Gasteiger partial charge in [0.1, 0.15) is 5.82 Å². The highest BCUT2D eigenvalue weighted by Gasteiger charge is 2.19. The van der Waals surface area contributed by atoms with Crippen molar-refractivity contribution >= 4 is 34.2 Å². The largest absolute Gasteiger partial charge is 0.356 e. The van der Waals surface area contributed by atoms with Crippen LogP contribution in [0.25, 0.3) is 16.7 Å². The Bertz CT molecular complexity index is 1450. The smallest absolute Gasteiger partial charge is 0.352 e. The van der Waals surface area contributed by atoms with E-state index >= 15 is 0 Å². The van der Waals surface area contributed by atoms with E-state index in [1.165, 1.54) is 27.2 Å². The summed E-state index contributed by atoms with van der Waals surface area (Å²) in [7, 11) is 0. The maximum atomic E-state index is 14.3. The summed E-state index contributed by atoms with van der Waals surface area (Å²) < 4.78 is 18.0. The molecule has 0 spiro atoms.